The van der Waals surface area contributed by atoms with Gasteiger partial charge in [0.1, 0.15) is 17.7 Å². The molecule has 0 aliphatic rings. The van der Waals surface area contributed by atoms with Crippen LogP contribution in [-0.2, 0) is 4.74 Å². The molecule has 0 radical (unpaired) electrons. The molecular weight excluding hydrogens is 268 g/mol. The van der Waals surface area contributed by atoms with E-state index in [0.717, 1.165) is 11.5 Å². The molecule has 0 aromatic heterocycles. The van der Waals surface area contributed by atoms with Gasteiger partial charge in [0.25, 0.3) is 0 Å². The Labute approximate surface area is 122 Å². The topological polar surface area (TPSA) is 27.7 Å². The van der Waals surface area contributed by atoms with Crippen LogP contribution < -0.4 is 8.85 Å². The summed E-state index contributed by atoms with van der Waals surface area (Å²) >= 11 is 0. The number of methoxy groups -OCH3 is 1. The molecule has 20 heavy (non-hydrogen) atoms. The Balaban J connectivity index is 2.02. The Hall–Kier alpha value is -1.78. The minimum Gasteiger partial charge on any atom is -0.513 e. The van der Waals surface area contributed by atoms with Crippen molar-refractivity contribution < 1.29 is 13.6 Å². The molecule has 106 valence electrons. The predicted octanol–water partition coefficient (Wildman–Crippen LogP) is 3.17. The van der Waals surface area contributed by atoms with Gasteiger partial charge in [-0.05, 0) is 38.1 Å². The molecule has 0 aliphatic carbocycles. The molecule has 0 spiro atoms. The number of hydrogen-bond donors (Lipinski definition) is 0. The molecule has 2 aromatic rings. The van der Waals surface area contributed by atoms with Crippen LogP contribution in [0.4, 0.5) is 0 Å². The van der Waals surface area contributed by atoms with Crippen molar-refractivity contribution in [3.05, 3.63) is 59.7 Å². The van der Waals surface area contributed by atoms with Crippen LogP contribution in [0.5, 0.6) is 11.5 Å². The molecule has 0 saturated heterocycles. The molecule has 2 rings (SSSR count). The van der Waals surface area contributed by atoms with Crippen molar-refractivity contribution in [2.75, 3.05) is 13.3 Å². The van der Waals surface area contributed by atoms with Gasteiger partial charge in [0.05, 0.1) is 0 Å². The van der Waals surface area contributed by atoms with E-state index >= 15 is 0 Å². The van der Waals surface area contributed by atoms with Gasteiger partial charge in [0.15, 0.2) is 0 Å². The zero-order chi connectivity index (χ0) is 14.4. The molecule has 2 aromatic carbocycles. The summed E-state index contributed by atoms with van der Waals surface area (Å²) in [4.78, 5) is 0. The lowest BCUT2D eigenvalue weighted by Crippen LogP contribution is -2.35. The van der Waals surface area contributed by atoms with Gasteiger partial charge in [-0.3, -0.25) is 0 Å². The summed E-state index contributed by atoms with van der Waals surface area (Å²) in [5, 5.41) is 0. The van der Waals surface area contributed by atoms with E-state index in [1.54, 1.807) is 7.11 Å². The summed E-state index contributed by atoms with van der Waals surface area (Å²) in [5.41, 5.74) is 2.42. The van der Waals surface area contributed by atoms with Crippen LogP contribution in [0.1, 0.15) is 11.1 Å². The van der Waals surface area contributed by atoms with Gasteiger partial charge < -0.3 is 13.6 Å². The van der Waals surface area contributed by atoms with Gasteiger partial charge in [0.2, 0.25) is 0 Å². The van der Waals surface area contributed by atoms with Crippen LogP contribution in [0.25, 0.3) is 0 Å². The van der Waals surface area contributed by atoms with Crippen LogP contribution >= 0.6 is 0 Å². The maximum Gasteiger partial charge on any atom is 0.471 e. The molecule has 0 bridgehead atoms. The van der Waals surface area contributed by atoms with Crippen molar-refractivity contribution in [1.82, 2.24) is 0 Å². The van der Waals surface area contributed by atoms with Gasteiger partial charge in [0, 0.05) is 7.11 Å². The fourth-order valence-corrected chi connectivity index (χ4v) is 3.14. The standard InChI is InChI=1S/C16H20O3Si/c1-13-4-8-15(9-5-13)18-20(12-17-3)19-16-10-6-14(2)7-11-16/h4-11,20H,12H2,1-3H3. The van der Waals surface area contributed by atoms with E-state index in [1.165, 1.54) is 11.1 Å². The Morgan fingerprint density at radius 2 is 1.15 bits per heavy atom. The minimum absolute atomic E-state index is 0.502. The normalized spacial score (nSPS) is 10.6. The average molecular weight is 288 g/mol. The largest absolute Gasteiger partial charge is 0.513 e. The fourth-order valence-electron chi connectivity index (χ4n) is 1.77. The van der Waals surface area contributed by atoms with Crippen molar-refractivity contribution >= 4 is 9.28 Å². The fraction of sp³-hybridized carbons (Fsp3) is 0.250. The predicted molar refractivity (Wildman–Crippen MR) is 82.6 cm³/mol. The van der Waals surface area contributed by atoms with Crippen molar-refractivity contribution in [2.45, 2.75) is 13.8 Å². The molecule has 0 N–H and O–H groups in total. The second kappa shape index (κ2) is 7.12. The summed E-state index contributed by atoms with van der Waals surface area (Å²) in [5.74, 6) is 1.66. The van der Waals surface area contributed by atoms with Crippen LogP contribution in [0.15, 0.2) is 48.5 Å². The molecule has 0 atom stereocenters. The summed E-state index contributed by atoms with van der Waals surface area (Å²) in [6.07, 6.45) is 0.502. The Morgan fingerprint density at radius 3 is 1.50 bits per heavy atom. The summed E-state index contributed by atoms with van der Waals surface area (Å²) in [6.45, 7) is 4.10. The first kappa shape index (κ1) is 14.6. The summed E-state index contributed by atoms with van der Waals surface area (Å²) < 4.78 is 17.1. The first-order valence-corrected chi connectivity index (χ1v) is 8.39. The summed E-state index contributed by atoms with van der Waals surface area (Å²) in [7, 11) is -0.277. The molecule has 0 unspecified atom stereocenters. The first-order valence-electron chi connectivity index (χ1n) is 6.63. The van der Waals surface area contributed by atoms with E-state index in [1.807, 2.05) is 48.5 Å². The third kappa shape index (κ3) is 4.40. The van der Waals surface area contributed by atoms with Crippen molar-refractivity contribution in [3.63, 3.8) is 0 Å². The maximum absolute atomic E-state index is 5.94. The van der Waals surface area contributed by atoms with Crippen LogP contribution in [0.3, 0.4) is 0 Å². The second-order valence-corrected chi connectivity index (χ2v) is 6.41. The van der Waals surface area contributed by atoms with Crippen LogP contribution in [0, 0.1) is 13.8 Å². The molecule has 0 heterocycles. The van der Waals surface area contributed by atoms with E-state index in [-0.39, 0.29) is 0 Å². The van der Waals surface area contributed by atoms with Crippen molar-refractivity contribution in [1.29, 1.82) is 0 Å². The smallest absolute Gasteiger partial charge is 0.471 e. The highest BCUT2D eigenvalue weighted by molar-refractivity contribution is 6.46. The monoisotopic (exact) mass is 288 g/mol. The van der Waals surface area contributed by atoms with Crippen molar-refractivity contribution in [3.8, 4) is 11.5 Å². The lowest BCUT2D eigenvalue weighted by Gasteiger charge is -2.18. The van der Waals surface area contributed by atoms with E-state index in [0.29, 0.717) is 6.23 Å². The molecule has 0 saturated carbocycles. The van der Waals surface area contributed by atoms with Crippen LogP contribution in [0.2, 0.25) is 0 Å². The Kier molecular flexibility index (Phi) is 5.21. The van der Waals surface area contributed by atoms with E-state index < -0.39 is 9.28 Å². The van der Waals surface area contributed by atoms with E-state index in [4.69, 9.17) is 13.6 Å². The molecule has 0 amide bonds. The van der Waals surface area contributed by atoms with Crippen LogP contribution in [-0.4, -0.2) is 22.6 Å². The number of ether oxygens (including phenoxy) is 1. The Morgan fingerprint density at radius 1 is 0.750 bits per heavy atom. The molecule has 4 heteroatoms. The summed E-state index contributed by atoms with van der Waals surface area (Å²) in [6, 6.07) is 16.0. The molecular formula is C16H20O3Si. The highest BCUT2D eigenvalue weighted by Gasteiger charge is 2.17. The van der Waals surface area contributed by atoms with E-state index in [9.17, 15) is 0 Å². The first-order chi connectivity index (χ1) is 9.67. The second-order valence-electron chi connectivity index (χ2n) is 4.75. The number of benzene rings is 2. The van der Waals surface area contributed by atoms with Crippen molar-refractivity contribution in [2.24, 2.45) is 0 Å². The zero-order valence-corrected chi connectivity index (χ0v) is 13.3. The zero-order valence-electron chi connectivity index (χ0n) is 12.1. The van der Waals surface area contributed by atoms with Gasteiger partial charge >= 0.3 is 9.28 Å². The maximum atomic E-state index is 5.94. The highest BCUT2D eigenvalue weighted by atomic mass is 28.3. The Bertz CT molecular complexity index is 475. The third-order valence-electron chi connectivity index (χ3n) is 2.88. The SMILES string of the molecule is COC[SiH](Oc1ccc(C)cc1)Oc1ccc(C)cc1. The average Bonchev–Trinajstić information content (AvgIpc) is 2.44. The number of rotatable bonds is 6. The molecule has 0 aliphatic heterocycles. The molecule has 3 nitrogen and oxygen atoms in total. The van der Waals surface area contributed by atoms with E-state index in [2.05, 4.69) is 13.8 Å². The quantitative estimate of drug-likeness (QED) is 0.764. The van der Waals surface area contributed by atoms with Gasteiger partial charge in [-0.25, -0.2) is 0 Å². The lowest BCUT2D eigenvalue weighted by molar-refractivity contribution is 0.220. The van der Waals surface area contributed by atoms with Gasteiger partial charge in [-0.1, -0.05) is 35.4 Å². The number of hydrogen-bond acceptors (Lipinski definition) is 3. The third-order valence-corrected chi connectivity index (χ3v) is 4.56. The lowest BCUT2D eigenvalue weighted by atomic mass is 10.2. The highest BCUT2D eigenvalue weighted by Crippen LogP contribution is 2.16. The number of aryl methyl sites for hydroxylation is 2. The van der Waals surface area contributed by atoms with Gasteiger partial charge in [-0.15, -0.1) is 0 Å². The minimum atomic E-state index is -1.94. The molecule has 0 fully saturated rings. The van der Waals surface area contributed by atoms with Gasteiger partial charge in [-0.2, -0.15) is 0 Å².